The van der Waals surface area contributed by atoms with Crippen molar-refractivity contribution in [1.82, 2.24) is 29.7 Å². The van der Waals surface area contributed by atoms with Crippen LogP contribution in [0.3, 0.4) is 0 Å². The minimum Gasteiger partial charge on any atom is -0.494 e. The molecule has 0 bridgehead atoms. The normalized spacial score (nSPS) is 16.9. The van der Waals surface area contributed by atoms with Gasteiger partial charge in [-0.1, -0.05) is 0 Å². The fourth-order valence-electron chi connectivity index (χ4n) is 5.85. The second kappa shape index (κ2) is 13.3. The van der Waals surface area contributed by atoms with E-state index in [1.54, 1.807) is 31.6 Å². The van der Waals surface area contributed by atoms with E-state index < -0.39 is 10.0 Å². The maximum absolute atomic E-state index is 12.2. The third-order valence-electron chi connectivity index (χ3n) is 8.24. The molecule has 2 aliphatic heterocycles. The molecule has 15 heteroatoms. The van der Waals surface area contributed by atoms with E-state index in [1.165, 1.54) is 6.20 Å². The Labute approximate surface area is 271 Å². The van der Waals surface area contributed by atoms with Gasteiger partial charge in [0.2, 0.25) is 16.0 Å². The lowest BCUT2D eigenvalue weighted by Crippen LogP contribution is -2.52. The van der Waals surface area contributed by atoms with E-state index in [0.717, 1.165) is 69.7 Å². The summed E-state index contributed by atoms with van der Waals surface area (Å²) in [4.78, 5) is 25.2. The lowest BCUT2D eigenvalue weighted by atomic mass is 10.0. The first-order valence-corrected chi connectivity index (χ1v) is 17.5. The number of methoxy groups -OCH3 is 1. The lowest BCUT2D eigenvalue weighted by molar-refractivity contribution is 0.0982. The largest absolute Gasteiger partial charge is 0.494 e. The van der Waals surface area contributed by atoms with Crippen molar-refractivity contribution in [2.45, 2.75) is 18.9 Å². The second-order valence-corrected chi connectivity index (χ2v) is 14.0. The number of benzene rings is 2. The van der Waals surface area contributed by atoms with Crippen molar-refractivity contribution in [3.8, 4) is 5.75 Å². The Balaban J connectivity index is 1.18. The van der Waals surface area contributed by atoms with Gasteiger partial charge in [-0.15, -0.1) is 0 Å². The SMILES string of the molecule is COc1cc(N2CCC(N3CCN(C)CC3)CC2)ccc1Nc1ncc(Br)c(Nc2ccc3nccnc3c2NS(C)(=O)=O)n1. The Bertz CT molecular complexity index is 1780. The number of fused-ring (bicyclic) bond motifs is 1. The van der Waals surface area contributed by atoms with Crippen molar-refractivity contribution in [3.05, 3.63) is 53.4 Å². The van der Waals surface area contributed by atoms with Crippen LogP contribution in [-0.2, 0) is 10.0 Å². The van der Waals surface area contributed by atoms with Crippen LogP contribution in [-0.4, -0.2) is 104 Å². The highest BCUT2D eigenvalue weighted by Gasteiger charge is 2.27. The molecule has 4 heterocycles. The molecule has 4 aromatic rings. The summed E-state index contributed by atoms with van der Waals surface area (Å²) in [7, 11) is 0.242. The summed E-state index contributed by atoms with van der Waals surface area (Å²) >= 11 is 3.51. The molecule has 13 nitrogen and oxygen atoms in total. The number of likely N-dealkylation sites (N-methyl/N-ethyl adjacent to an activating group) is 1. The average Bonchev–Trinajstić information content (AvgIpc) is 3.04. The molecule has 0 unspecified atom stereocenters. The van der Waals surface area contributed by atoms with Gasteiger partial charge in [-0.2, -0.15) is 4.98 Å². The number of rotatable bonds is 9. The van der Waals surface area contributed by atoms with E-state index in [4.69, 9.17) is 4.74 Å². The van der Waals surface area contributed by atoms with Crippen molar-refractivity contribution in [3.63, 3.8) is 0 Å². The molecule has 2 aromatic carbocycles. The minimum atomic E-state index is -3.61. The smallest absolute Gasteiger partial charge is 0.229 e. The van der Waals surface area contributed by atoms with Gasteiger partial charge in [-0.3, -0.25) is 19.6 Å². The molecule has 0 saturated carbocycles. The third-order valence-corrected chi connectivity index (χ3v) is 9.40. The Hall–Kier alpha value is -3.79. The number of nitrogens with one attached hydrogen (secondary N) is 3. The fourth-order valence-corrected chi connectivity index (χ4v) is 6.72. The predicted molar refractivity (Wildman–Crippen MR) is 182 cm³/mol. The summed E-state index contributed by atoms with van der Waals surface area (Å²) < 4.78 is 33.3. The summed E-state index contributed by atoms with van der Waals surface area (Å²) in [5.74, 6) is 1.44. The van der Waals surface area contributed by atoms with Crippen LogP contribution in [0, 0.1) is 0 Å². The molecule has 0 radical (unpaired) electrons. The number of hydrogen-bond acceptors (Lipinski definition) is 12. The van der Waals surface area contributed by atoms with E-state index in [-0.39, 0.29) is 5.69 Å². The predicted octanol–water partition coefficient (Wildman–Crippen LogP) is 4.27. The van der Waals surface area contributed by atoms with Crippen molar-refractivity contribution < 1.29 is 13.2 Å². The van der Waals surface area contributed by atoms with Gasteiger partial charge in [0.05, 0.1) is 40.4 Å². The van der Waals surface area contributed by atoms with Gasteiger partial charge in [0.15, 0.2) is 0 Å². The molecule has 238 valence electrons. The number of nitrogens with zero attached hydrogens (tertiary/aromatic N) is 7. The Kier molecular flexibility index (Phi) is 9.21. The highest BCUT2D eigenvalue weighted by atomic mass is 79.9. The summed E-state index contributed by atoms with van der Waals surface area (Å²) in [5, 5.41) is 6.49. The fraction of sp³-hybridized carbons (Fsp3) is 0.400. The van der Waals surface area contributed by atoms with Gasteiger partial charge >= 0.3 is 0 Å². The summed E-state index contributed by atoms with van der Waals surface area (Å²) in [5.41, 5.74) is 3.53. The molecule has 3 N–H and O–H groups in total. The topological polar surface area (TPSA) is 141 Å². The van der Waals surface area contributed by atoms with Crippen LogP contribution in [0.15, 0.2) is 53.4 Å². The zero-order valence-corrected chi connectivity index (χ0v) is 27.9. The molecule has 45 heavy (non-hydrogen) atoms. The quantitative estimate of drug-likeness (QED) is 0.230. The van der Waals surface area contributed by atoms with E-state index in [0.29, 0.717) is 44.8 Å². The zero-order valence-electron chi connectivity index (χ0n) is 25.5. The molecule has 2 aliphatic rings. The van der Waals surface area contributed by atoms with E-state index in [2.05, 4.69) is 85.1 Å². The molecule has 2 aromatic heterocycles. The highest BCUT2D eigenvalue weighted by Crippen LogP contribution is 2.36. The van der Waals surface area contributed by atoms with Crippen LogP contribution in [0.1, 0.15) is 12.8 Å². The maximum Gasteiger partial charge on any atom is 0.229 e. The minimum absolute atomic E-state index is 0.271. The number of halogens is 1. The van der Waals surface area contributed by atoms with E-state index in [1.807, 2.05) is 6.07 Å². The van der Waals surface area contributed by atoms with Crippen LogP contribution in [0.5, 0.6) is 5.75 Å². The molecule has 0 aliphatic carbocycles. The first kappa shape index (κ1) is 31.2. The first-order chi connectivity index (χ1) is 21.7. The number of piperazine rings is 1. The van der Waals surface area contributed by atoms with E-state index >= 15 is 0 Å². The number of piperidine rings is 1. The van der Waals surface area contributed by atoms with E-state index in [9.17, 15) is 8.42 Å². The number of aromatic nitrogens is 4. The first-order valence-electron chi connectivity index (χ1n) is 14.8. The van der Waals surface area contributed by atoms with Gasteiger partial charge in [-0.25, -0.2) is 13.4 Å². The Morgan fingerprint density at radius 3 is 2.40 bits per heavy atom. The van der Waals surface area contributed by atoms with Crippen LogP contribution < -0.4 is 25.0 Å². The third kappa shape index (κ3) is 7.38. The average molecular weight is 698 g/mol. The van der Waals surface area contributed by atoms with Crippen molar-refractivity contribution in [2.75, 3.05) is 79.9 Å². The van der Waals surface area contributed by atoms with Gasteiger partial charge in [-0.05, 0) is 60.1 Å². The van der Waals surface area contributed by atoms with Crippen LogP contribution in [0.2, 0.25) is 0 Å². The van der Waals surface area contributed by atoms with Gasteiger partial charge in [0, 0.05) is 75.7 Å². The van der Waals surface area contributed by atoms with Gasteiger partial charge in [0.1, 0.15) is 17.1 Å². The number of hydrogen-bond donors (Lipinski definition) is 3. The van der Waals surface area contributed by atoms with Crippen LogP contribution >= 0.6 is 15.9 Å². The Morgan fingerprint density at radius 2 is 1.67 bits per heavy atom. The standard InChI is InChI=1S/C30H37BrN10O3S/c1-39-14-16-41(17-15-39)20-8-12-40(13-9-20)21-4-5-23(26(18-21)44-2)36-30-34-19-22(31)29(37-30)35-25-7-6-24-27(33-11-10-32-24)28(25)38-45(3,42)43/h4-7,10-11,18-20,38H,8-9,12-17H2,1-3H3,(H2,34,35,36,37). The number of ether oxygens (including phenoxy) is 1. The van der Waals surface area contributed by atoms with Crippen molar-refractivity contribution in [2.24, 2.45) is 0 Å². The maximum atomic E-state index is 12.2. The molecular weight excluding hydrogens is 660 g/mol. The van der Waals surface area contributed by atoms with Crippen LogP contribution in [0.25, 0.3) is 11.0 Å². The lowest BCUT2D eigenvalue weighted by Gasteiger charge is -2.42. The van der Waals surface area contributed by atoms with Gasteiger partial charge in [0.25, 0.3) is 0 Å². The second-order valence-electron chi connectivity index (χ2n) is 11.4. The molecule has 0 amide bonds. The van der Waals surface area contributed by atoms with Crippen molar-refractivity contribution >= 4 is 71.5 Å². The molecule has 2 saturated heterocycles. The monoisotopic (exact) mass is 696 g/mol. The summed E-state index contributed by atoms with van der Waals surface area (Å²) in [6, 6.07) is 10.3. The zero-order chi connectivity index (χ0) is 31.6. The Morgan fingerprint density at radius 1 is 0.933 bits per heavy atom. The number of sulfonamides is 1. The molecule has 2 fully saturated rings. The highest BCUT2D eigenvalue weighted by molar-refractivity contribution is 9.10. The summed E-state index contributed by atoms with van der Waals surface area (Å²) in [6.45, 7) is 6.61. The summed E-state index contributed by atoms with van der Waals surface area (Å²) in [6.07, 6.45) is 8.07. The number of anilines is 6. The van der Waals surface area contributed by atoms with Crippen molar-refractivity contribution in [1.29, 1.82) is 0 Å². The molecule has 6 rings (SSSR count). The van der Waals surface area contributed by atoms with Crippen LogP contribution in [0.4, 0.5) is 34.5 Å². The van der Waals surface area contributed by atoms with Gasteiger partial charge < -0.3 is 25.2 Å². The molecular formula is C30H37BrN10O3S. The molecule has 0 atom stereocenters. The molecule has 0 spiro atoms.